The van der Waals surface area contributed by atoms with E-state index in [4.69, 9.17) is 16.6 Å². The molecular weight excluding hydrogens is 268 g/mol. The third kappa shape index (κ3) is 3.13. The van der Waals surface area contributed by atoms with Crippen LogP contribution in [0.1, 0.15) is 31.4 Å². The number of hydrogen-bond donors (Lipinski definition) is 1. The summed E-state index contributed by atoms with van der Waals surface area (Å²) in [5, 5.41) is 4.86. The number of rotatable bonds is 4. The molecule has 106 valence electrons. The number of aromatic nitrogens is 1. The number of alkyl halides is 1. The molecule has 2 nitrogen and oxygen atoms in total. The van der Waals surface area contributed by atoms with E-state index in [9.17, 15) is 0 Å². The van der Waals surface area contributed by atoms with Crippen LogP contribution in [0.4, 0.5) is 0 Å². The molecule has 2 aromatic rings. The maximum Gasteiger partial charge on any atom is 0.0705 e. The lowest BCUT2D eigenvalue weighted by Gasteiger charge is -2.30. The lowest BCUT2D eigenvalue weighted by molar-refractivity contribution is 0.282. The largest absolute Gasteiger partial charge is 0.308 e. The second-order valence-corrected chi connectivity index (χ2v) is 5.99. The number of nitrogens with one attached hydrogen (secondary N) is 1. The van der Waals surface area contributed by atoms with Gasteiger partial charge in [0.05, 0.1) is 11.2 Å². The fraction of sp³-hybridized carbons (Fsp3) is 0.471. The van der Waals surface area contributed by atoms with Crippen molar-refractivity contribution in [1.82, 2.24) is 10.3 Å². The van der Waals surface area contributed by atoms with Crippen molar-refractivity contribution in [2.45, 2.75) is 38.3 Å². The molecule has 20 heavy (non-hydrogen) atoms. The van der Waals surface area contributed by atoms with Crippen molar-refractivity contribution >= 4 is 22.5 Å². The number of pyridine rings is 1. The van der Waals surface area contributed by atoms with Crippen LogP contribution < -0.4 is 5.32 Å². The Morgan fingerprint density at radius 3 is 2.85 bits per heavy atom. The number of benzene rings is 1. The third-order valence-electron chi connectivity index (χ3n) is 4.31. The number of halogens is 1. The van der Waals surface area contributed by atoms with E-state index in [2.05, 4.69) is 35.6 Å². The molecule has 2 atom stereocenters. The monoisotopic (exact) mass is 288 g/mol. The smallest absolute Gasteiger partial charge is 0.0705 e. The second kappa shape index (κ2) is 6.55. The number of hydrogen-bond acceptors (Lipinski definition) is 2. The van der Waals surface area contributed by atoms with Gasteiger partial charge in [-0.05, 0) is 30.9 Å². The molecule has 2 unspecified atom stereocenters. The van der Waals surface area contributed by atoms with Gasteiger partial charge in [-0.1, -0.05) is 37.1 Å². The Hall–Kier alpha value is -1.12. The summed E-state index contributed by atoms with van der Waals surface area (Å²) in [6.45, 7) is 0.836. The van der Waals surface area contributed by atoms with Crippen LogP contribution in [0.25, 0.3) is 10.9 Å². The van der Waals surface area contributed by atoms with E-state index in [1.165, 1.54) is 31.1 Å². The minimum Gasteiger partial charge on any atom is -0.308 e. The number of para-hydroxylation sites is 1. The average molecular weight is 289 g/mol. The Morgan fingerprint density at radius 2 is 1.95 bits per heavy atom. The summed E-state index contributed by atoms with van der Waals surface area (Å²) >= 11 is 6.08. The van der Waals surface area contributed by atoms with Crippen molar-refractivity contribution in [2.75, 3.05) is 5.88 Å². The van der Waals surface area contributed by atoms with Gasteiger partial charge >= 0.3 is 0 Å². The first kappa shape index (κ1) is 13.8. The summed E-state index contributed by atoms with van der Waals surface area (Å²) < 4.78 is 0. The van der Waals surface area contributed by atoms with Crippen LogP contribution in [0.2, 0.25) is 0 Å². The van der Waals surface area contributed by atoms with Crippen molar-refractivity contribution in [3.8, 4) is 0 Å². The molecule has 0 radical (unpaired) electrons. The van der Waals surface area contributed by atoms with Gasteiger partial charge in [0.15, 0.2) is 0 Å². The first-order chi connectivity index (χ1) is 9.86. The topological polar surface area (TPSA) is 24.9 Å². The Kier molecular flexibility index (Phi) is 4.54. The molecule has 1 fully saturated rings. The maximum atomic E-state index is 6.08. The lowest BCUT2D eigenvalue weighted by Crippen LogP contribution is -2.39. The van der Waals surface area contributed by atoms with Crippen LogP contribution in [0, 0.1) is 5.92 Å². The Bertz CT molecular complexity index is 570. The Balaban J connectivity index is 1.67. The molecule has 3 rings (SSSR count). The first-order valence-corrected chi connectivity index (χ1v) is 8.04. The summed E-state index contributed by atoms with van der Waals surface area (Å²) in [4.78, 5) is 4.71. The van der Waals surface area contributed by atoms with Crippen LogP contribution in [0.5, 0.6) is 0 Å². The highest BCUT2D eigenvalue weighted by molar-refractivity contribution is 6.18. The molecule has 1 N–H and O–H groups in total. The molecule has 0 bridgehead atoms. The van der Waals surface area contributed by atoms with Crippen molar-refractivity contribution in [2.24, 2.45) is 5.92 Å². The van der Waals surface area contributed by atoms with Gasteiger partial charge in [-0.15, -0.1) is 11.6 Å². The molecule has 1 aromatic carbocycles. The van der Waals surface area contributed by atoms with Gasteiger partial charge in [-0.3, -0.25) is 4.98 Å². The average Bonchev–Trinajstić information content (AvgIpc) is 2.53. The van der Waals surface area contributed by atoms with Gasteiger partial charge in [0.1, 0.15) is 0 Å². The standard InChI is InChI=1S/C17H21ClN2/c18-11-14-6-2-3-7-16(14)19-12-15-10-9-13-5-1-4-8-17(13)20-15/h1,4-5,8-10,14,16,19H,2-3,6-7,11-12H2. The molecule has 1 saturated carbocycles. The molecule has 1 aliphatic carbocycles. The van der Waals surface area contributed by atoms with E-state index in [1.54, 1.807) is 0 Å². The quantitative estimate of drug-likeness (QED) is 0.856. The second-order valence-electron chi connectivity index (χ2n) is 5.68. The van der Waals surface area contributed by atoms with Gasteiger partial charge in [-0.25, -0.2) is 0 Å². The fourth-order valence-corrected chi connectivity index (χ4v) is 3.47. The molecule has 0 aliphatic heterocycles. The van der Waals surface area contributed by atoms with Crippen molar-refractivity contribution in [3.63, 3.8) is 0 Å². The summed E-state index contributed by atoms with van der Waals surface area (Å²) in [6, 6.07) is 13.1. The van der Waals surface area contributed by atoms with Gasteiger partial charge in [0.25, 0.3) is 0 Å². The van der Waals surface area contributed by atoms with Crippen LogP contribution in [0.15, 0.2) is 36.4 Å². The lowest BCUT2D eigenvalue weighted by atomic mass is 9.86. The maximum absolute atomic E-state index is 6.08. The highest BCUT2D eigenvalue weighted by atomic mass is 35.5. The van der Waals surface area contributed by atoms with Crippen molar-refractivity contribution < 1.29 is 0 Å². The van der Waals surface area contributed by atoms with Crippen LogP contribution >= 0.6 is 11.6 Å². The number of fused-ring (bicyclic) bond motifs is 1. The first-order valence-electron chi connectivity index (χ1n) is 7.51. The highest BCUT2D eigenvalue weighted by Crippen LogP contribution is 2.25. The van der Waals surface area contributed by atoms with E-state index in [0.717, 1.165) is 23.6 Å². The number of nitrogens with zero attached hydrogens (tertiary/aromatic N) is 1. The predicted molar refractivity (Wildman–Crippen MR) is 85.0 cm³/mol. The molecule has 0 saturated heterocycles. The molecule has 0 amide bonds. The molecule has 3 heteroatoms. The SMILES string of the molecule is ClCC1CCCCC1NCc1ccc2ccccc2n1. The van der Waals surface area contributed by atoms with Gasteiger partial charge in [-0.2, -0.15) is 0 Å². The van der Waals surface area contributed by atoms with Gasteiger partial charge in [0.2, 0.25) is 0 Å². The summed E-state index contributed by atoms with van der Waals surface area (Å²) in [7, 11) is 0. The van der Waals surface area contributed by atoms with Gasteiger partial charge in [0, 0.05) is 23.9 Å². The van der Waals surface area contributed by atoms with E-state index in [-0.39, 0.29) is 0 Å². The summed E-state index contributed by atoms with van der Waals surface area (Å²) in [5.41, 5.74) is 2.19. The third-order valence-corrected chi connectivity index (χ3v) is 4.71. The minimum absolute atomic E-state index is 0.550. The minimum atomic E-state index is 0.550. The fourth-order valence-electron chi connectivity index (χ4n) is 3.10. The normalized spacial score (nSPS) is 23.1. The highest BCUT2D eigenvalue weighted by Gasteiger charge is 2.23. The van der Waals surface area contributed by atoms with Crippen molar-refractivity contribution in [3.05, 3.63) is 42.1 Å². The zero-order valence-corrected chi connectivity index (χ0v) is 12.4. The zero-order valence-electron chi connectivity index (χ0n) is 11.7. The predicted octanol–water partition coefficient (Wildman–Crippen LogP) is 4.12. The van der Waals surface area contributed by atoms with E-state index < -0.39 is 0 Å². The molecule has 1 aliphatic rings. The van der Waals surface area contributed by atoms with Crippen LogP contribution in [-0.4, -0.2) is 16.9 Å². The Labute approximate surface area is 125 Å². The van der Waals surface area contributed by atoms with E-state index in [1.807, 2.05) is 6.07 Å². The van der Waals surface area contributed by atoms with Crippen LogP contribution in [0.3, 0.4) is 0 Å². The summed E-state index contributed by atoms with van der Waals surface area (Å²) in [5.74, 6) is 1.38. The van der Waals surface area contributed by atoms with E-state index >= 15 is 0 Å². The molecule has 0 spiro atoms. The molecular formula is C17H21ClN2. The zero-order chi connectivity index (χ0) is 13.8. The molecule has 1 aromatic heterocycles. The van der Waals surface area contributed by atoms with Crippen molar-refractivity contribution in [1.29, 1.82) is 0 Å². The van der Waals surface area contributed by atoms with Gasteiger partial charge < -0.3 is 5.32 Å². The molecule has 1 heterocycles. The van der Waals surface area contributed by atoms with Crippen LogP contribution in [-0.2, 0) is 6.54 Å². The Morgan fingerprint density at radius 1 is 1.10 bits per heavy atom. The van der Waals surface area contributed by atoms with E-state index in [0.29, 0.717) is 12.0 Å². The summed E-state index contributed by atoms with van der Waals surface area (Å²) in [6.07, 6.45) is 5.14.